The molecular weight excluding hydrogens is 332 g/mol. The second-order valence-electron chi connectivity index (χ2n) is 5.24. The Bertz CT molecular complexity index is 868. The first-order valence-corrected chi connectivity index (χ1v) is 7.88. The predicted octanol–water partition coefficient (Wildman–Crippen LogP) is 3.41. The summed E-state index contributed by atoms with van der Waals surface area (Å²) in [5, 5.41) is 3.69. The summed E-state index contributed by atoms with van der Waals surface area (Å²) in [6.45, 7) is 0.501. The van der Waals surface area contributed by atoms with Gasteiger partial charge in [-0.3, -0.25) is 0 Å². The highest BCUT2D eigenvalue weighted by molar-refractivity contribution is 5.88. The van der Waals surface area contributed by atoms with Crippen molar-refractivity contribution in [1.82, 2.24) is 9.97 Å². The number of hydrogen-bond acceptors (Lipinski definition) is 7. The molecule has 132 valence electrons. The zero-order chi connectivity index (χ0) is 18.2. The van der Waals surface area contributed by atoms with Gasteiger partial charge in [-0.25, -0.2) is 9.97 Å². The highest BCUT2D eigenvalue weighted by atomic mass is 16.6. The zero-order valence-electron chi connectivity index (χ0n) is 14.2. The average Bonchev–Trinajstić information content (AvgIpc) is 2.68. The summed E-state index contributed by atoms with van der Waals surface area (Å²) in [5.74, 6) is 1.86. The fourth-order valence-corrected chi connectivity index (χ4v) is 2.16. The van der Waals surface area contributed by atoms with E-state index < -0.39 is 0 Å². The van der Waals surface area contributed by atoms with Gasteiger partial charge in [0.1, 0.15) is 42.9 Å². The SMILES string of the molecule is CO/N=C\c1c(N)ncnc1Oc1ccc(OCc2ccccc2)cc1. The number of aromatic nitrogens is 2. The standard InChI is InChI=1S/C19H18N4O3/c1-24-23-11-17-18(20)21-13-22-19(17)26-16-9-7-15(8-10-16)25-12-14-5-3-2-4-6-14/h2-11,13H,12H2,1H3,(H2,20,21,22)/b23-11-. The molecule has 0 bridgehead atoms. The lowest BCUT2D eigenvalue weighted by atomic mass is 10.2. The van der Waals surface area contributed by atoms with Gasteiger partial charge in [0.2, 0.25) is 5.88 Å². The second kappa shape index (κ2) is 8.48. The Morgan fingerprint density at radius 3 is 2.46 bits per heavy atom. The molecule has 3 aromatic rings. The molecule has 0 amide bonds. The summed E-state index contributed by atoms with van der Waals surface area (Å²) in [5.41, 5.74) is 7.38. The van der Waals surface area contributed by atoms with Crippen LogP contribution in [0.3, 0.4) is 0 Å². The van der Waals surface area contributed by atoms with Crippen molar-refractivity contribution in [3.63, 3.8) is 0 Å². The van der Waals surface area contributed by atoms with E-state index in [2.05, 4.69) is 20.0 Å². The van der Waals surface area contributed by atoms with Crippen LogP contribution < -0.4 is 15.2 Å². The van der Waals surface area contributed by atoms with Gasteiger partial charge in [-0.15, -0.1) is 0 Å². The molecule has 0 aliphatic heterocycles. The van der Waals surface area contributed by atoms with Gasteiger partial charge >= 0.3 is 0 Å². The Morgan fingerprint density at radius 2 is 1.73 bits per heavy atom. The highest BCUT2D eigenvalue weighted by Gasteiger charge is 2.10. The number of nitrogen functional groups attached to an aromatic ring is 1. The molecule has 1 aromatic heterocycles. The van der Waals surface area contributed by atoms with Crippen LogP contribution in [0.15, 0.2) is 66.1 Å². The molecule has 0 saturated carbocycles. The maximum Gasteiger partial charge on any atom is 0.233 e. The van der Waals surface area contributed by atoms with Crippen LogP contribution >= 0.6 is 0 Å². The number of nitrogens with zero attached hydrogens (tertiary/aromatic N) is 3. The Kier molecular flexibility index (Phi) is 5.61. The lowest BCUT2D eigenvalue weighted by molar-refractivity contribution is 0.215. The number of anilines is 1. The van der Waals surface area contributed by atoms with E-state index in [1.54, 1.807) is 12.1 Å². The summed E-state index contributed by atoms with van der Waals surface area (Å²) < 4.78 is 11.5. The Morgan fingerprint density at radius 1 is 1.00 bits per heavy atom. The van der Waals surface area contributed by atoms with Gasteiger partial charge in [0.05, 0.1) is 6.21 Å². The van der Waals surface area contributed by atoms with E-state index in [0.717, 1.165) is 11.3 Å². The molecule has 0 radical (unpaired) electrons. The number of rotatable bonds is 7. The molecule has 26 heavy (non-hydrogen) atoms. The molecule has 2 aromatic carbocycles. The first kappa shape index (κ1) is 17.2. The summed E-state index contributed by atoms with van der Waals surface area (Å²) >= 11 is 0. The van der Waals surface area contributed by atoms with Crippen molar-refractivity contribution in [2.24, 2.45) is 5.16 Å². The minimum absolute atomic E-state index is 0.249. The summed E-state index contributed by atoms with van der Waals surface area (Å²) in [6.07, 6.45) is 2.73. The number of nitrogens with two attached hydrogens (primary N) is 1. The molecule has 0 saturated heterocycles. The molecule has 2 N–H and O–H groups in total. The minimum atomic E-state index is 0.249. The number of ether oxygens (including phenoxy) is 2. The maximum absolute atomic E-state index is 5.84. The first-order chi connectivity index (χ1) is 12.8. The lowest BCUT2D eigenvalue weighted by Crippen LogP contribution is -2.02. The van der Waals surface area contributed by atoms with Crippen molar-refractivity contribution in [2.75, 3.05) is 12.8 Å². The number of benzene rings is 2. The summed E-state index contributed by atoms with van der Waals surface area (Å²) in [6, 6.07) is 17.2. The van der Waals surface area contributed by atoms with E-state index in [-0.39, 0.29) is 11.7 Å². The third-order valence-electron chi connectivity index (χ3n) is 3.45. The van der Waals surface area contributed by atoms with Crippen molar-refractivity contribution in [2.45, 2.75) is 6.61 Å². The Balaban J connectivity index is 1.68. The third kappa shape index (κ3) is 4.47. The monoisotopic (exact) mass is 350 g/mol. The van der Waals surface area contributed by atoms with E-state index in [9.17, 15) is 0 Å². The van der Waals surface area contributed by atoms with Gasteiger partial charge < -0.3 is 20.0 Å². The molecule has 0 aliphatic rings. The van der Waals surface area contributed by atoms with E-state index in [4.69, 9.17) is 15.2 Å². The zero-order valence-corrected chi connectivity index (χ0v) is 14.2. The van der Waals surface area contributed by atoms with Crippen LogP contribution in [0.1, 0.15) is 11.1 Å². The van der Waals surface area contributed by atoms with E-state index in [1.807, 2.05) is 42.5 Å². The van der Waals surface area contributed by atoms with Crippen molar-refractivity contribution in [3.8, 4) is 17.4 Å². The highest BCUT2D eigenvalue weighted by Crippen LogP contribution is 2.26. The molecule has 1 heterocycles. The summed E-state index contributed by atoms with van der Waals surface area (Å²) in [4.78, 5) is 12.7. The molecule has 0 aliphatic carbocycles. The van der Waals surface area contributed by atoms with Crippen molar-refractivity contribution in [3.05, 3.63) is 72.1 Å². The first-order valence-electron chi connectivity index (χ1n) is 7.88. The van der Waals surface area contributed by atoms with Crippen LogP contribution in [-0.2, 0) is 11.4 Å². The van der Waals surface area contributed by atoms with E-state index in [1.165, 1.54) is 19.7 Å². The van der Waals surface area contributed by atoms with Gasteiger partial charge in [-0.1, -0.05) is 35.5 Å². The molecule has 7 heteroatoms. The Hall–Kier alpha value is -3.61. The van der Waals surface area contributed by atoms with Gasteiger partial charge in [-0.05, 0) is 29.8 Å². The van der Waals surface area contributed by atoms with Crippen LogP contribution in [-0.4, -0.2) is 23.3 Å². The smallest absolute Gasteiger partial charge is 0.233 e. The van der Waals surface area contributed by atoms with Crippen LogP contribution in [0.4, 0.5) is 5.82 Å². The van der Waals surface area contributed by atoms with Crippen LogP contribution in [0.5, 0.6) is 17.4 Å². The van der Waals surface area contributed by atoms with Gasteiger partial charge in [0.15, 0.2) is 0 Å². The summed E-state index contributed by atoms with van der Waals surface area (Å²) in [7, 11) is 1.44. The molecule has 3 rings (SSSR count). The minimum Gasteiger partial charge on any atom is -0.489 e. The van der Waals surface area contributed by atoms with E-state index >= 15 is 0 Å². The number of oxime groups is 1. The number of hydrogen-bond donors (Lipinski definition) is 1. The molecular formula is C19H18N4O3. The predicted molar refractivity (Wildman–Crippen MR) is 98.3 cm³/mol. The molecule has 0 spiro atoms. The molecule has 0 fully saturated rings. The van der Waals surface area contributed by atoms with Crippen molar-refractivity contribution in [1.29, 1.82) is 0 Å². The van der Waals surface area contributed by atoms with Crippen LogP contribution in [0.2, 0.25) is 0 Å². The Labute approximate surface area is 151 Å². The van der Waals surface area contributed by atoms with Crippen molar-refractivity contribution < 1.29 is 14.3 Å². The van der Waals surface area contributed by atoms with Gasteiger partial charge in [-0.2, -0.15) is 0 Å². The van der Waals surface area contributed by atoms with E-state index in [0.29, 0.717) is 17.9 Å². The fourth-order valence-electron chi connectivity index (χ4n) is 2.16. The van der Waals surface area contributed by atoms with Gasteiger partial charge in [0.25, 0.3) is 0 Å². The van der Waals surface area contributed by atoms with Crippen LogP contribution in [0, 0.1) is 0 Å². The quantitative estimate of drug-likeness (QED) is 0.518. The molecule has 7 nitrogen and oxygen atoms in total. The average molecular weight is 350 g/mol. The largest absolute Gasteiger partial charge is 0.489 e. The van der Waals surface area contributed by atoms with Crippen molar-refractivity contribution >= 4 is 12.0 Å². The van der Waals surface area contributed by atoms with Gasteiger partial charge in [0, 0.05) is 0 Å². The van der Waals surface area contributed by atoms with Crippen LogP contribution in [0.25, 0.3) is 0 Å². The third-order valence-corrected chi connectivity index (χ3v) is 3.45. The molecule has 0 unspecified atom stereocenters. The fraction of sp³-hybridized carbons (Fsp3) is 0.105. The second-order valence-corrected chi connectivity index (χ2v) is 5.24. The molecule has 0 atom stereocenters. The maximum atomic E-state index is 5.84. The topological polar surface area (TPSA) is 91.9 Å². The normalized spacial score (nSPS) is 10.7. The lowest BCUT2D eigenvalue weighted by Gasteiger charge is -2.10.